The molecule has 1 N–H and O–H groups in total. The number of carbonyl (C=O) groups is 1. The van der Waals surface area contributed by atoms with Crippen LogP contribution in [-0.4, -0.2) is 37.7 Å². The number of hydrogen-bond acceptors (Lipinski definition) is 5. The molecule has 0 aromatic carbocycles. The van der Waals surface area contributed by atoms with Crippen LogP contribution in [0.5, 0.6) is 0 Å². The number of carbonyl (C=O) groups excluding carboxylic acids is 1. The lowest BCUT2D eigenvalue weighted by atomic mass is 9.94. The molecule has 0 radical (unpaired) electrons. The number of furan rings is 1. The van der Waals surface area contributed by atoms with Gasteiger partial charge in [0.1, 0.15) is 5.76 Å². The summed E-state index contributed by atoms with van der Waals surface area (Å²) in [6.45, 7) is 3.31. The van der Waals surface area contributed by atoms with E-state index < -0.39 is 0 Å². The van der Waals surface area contributed by atoms with Crippen molar-refractivity contribution < 1.29 is 13.9 Å². The number of hydrogen-bond donors (Lipinski definition) is 1. The van der Waals surface area contributed by atoms with Crippen molar-refractivity contribution in [1.82, 2.24) is 5.32 Å². The molecule has 122 valence electrons. The highest BCUT2D eigenvalue weighted by molar-refractivity contribution is 8.20. The summed E-state index contributed by atoms with van der Waals surface area (Å²) in [5, 5.41) is 2.94. The minimum absolute atomic E-state index is 0.0915. The van der Waals surface area contributed by atoms with Gasteiger partial charge in [0, 0.05) is 49.3 Å². The van der Waals surface area contributed by atoms with Crippen molar-refractivity contribution in [1.29, 1.82) is 0 Å². The minimum Gasteiger partial charge on any atom is -0.455 e. The zero-order chi connectivity index (χ0) is 15.6. The maximum atomic E-state index is 12.4. The molecular formula is C16H23NO3S2. The molecule has 1 aromatic rings. The molecule has 2 aliphatic rings. The van der Waals surface area contributed by atoms with Gasteiger partial charge in [-0.15, -0.1) is 23.5 Å². The highest BCUT2D eigenvalue weighted by Crippen LogP contribution is 2.59. The van der Waals surface area contributed by atoms with Crippen LogP contribution in [0.1, 0.15) is 46.7 Å². The van der Waals surface area contributed by atoms with Gasteiger partial charge in [-0.05, 0) is 26.2 Å². The fourth-order valence-electron chi connectivity index (χ4n) is 3.31. The number of amides is 1. The second-order valence-electron chi connectivity index (χ2n) is 5.76. The molecule has 2 heterocycles. The minimum atomic E-state index is -0.0915. The first-order chi connectivity index (χ1) is 10.7. The van der Waals surface area contributed by atoms with Crippen LogP contribution >= 0.6 is 23.5 Å². The number of rotatable bonds is 5. The molecule has 1 saturated heterocycles. The molecule has 0 saturated carbocycles. The van der Waals surface area contributed by atoms with Gasteiger partial charge in [-0.25, -0.2) is 0 Å². The van der Waals surface area contributed by atoms with Crippen molar-refractivity contribution in [3.05, 3.63) is 22.6 Å². The van der Waals surface area contributed by atoms with E-state index in [2.05, 4.69) is 5.32 Å². The zero-order valence-corrected chi connectivity index (χ0v) is 14.8. The van der Waals surface area contributed by atoms with Gasteiger partial charge in [-0.3, -0.25) is 4.79 Å². The lowest BCUT2D eigenvalue weighted by Crippen LogP contribution is -2.26. The predicted molar refractivity (Wildman–Crippen MR) is 91.8 cm³/mol. The summed E-state index contributed by atoms with van der Waals surface area (Å²) in [6.07, 6.45) is 4.10. The summed E-state index contributed by atoms with van der Waals surface area (Å²) in [6, 6.07) is 0. The fourth-order valence-corrected chi connectivity index (χ4v) is 6.87. The lowest BCUT2D eigenvalue weighted by Gasteiger charge is -2.31. The molecule has 1 aliphatic carbocycles. The standard InChI is InChI=1S/C16H23NO3S2/c1-11-13-12(5-3-6-16(13)21-9-10-22-16)20-14(11)15(18)17-7-4-8-19-2/h3-10H2,1-2H3,(H,17,18). The Bertz CT molecular complexity index is 550. The Morgan fingerprint density at radius 3 is 2.91 bits per heavy atom. The van der Waals surface area contributed by atoms with Gasteiger partial charge < -0.3 is 14.5 Å². The van der Waals surface area contributed by atoms with E-state index in [0.29, 0.717) is 18.9 Å². The van der Waals surface area contributed by atoms with Gasteiger partial charge in [0.25, 0.3) is 5.91 Å². The number of aryl methyl sites for hydroxylation is 1. The van der Waals surface area contributed by atoms with E-state index in [4.69, 9.17) is 9.15 Å². The molecule has 4 nitrogen and oxygen atoms in total. The Morgan fingerprint density at radius 1 is 1.41 bits per heavy atom. The first kappa shape index (κ1) is 16.3. The number of methoxy groups -OCH3 is 1. The first-order valence-electron chi connectivity index (χ1n) is 7.86. The predicted octanol–water partition coefficient (Wildman–Crippen LogP) is 3.32. The summed E-state index contributed by atoms with van der Waals surface area (Å²) in [5.41, 5.74) is 2.34. The fraction of sp³-hybridized carbons (Fsp3) is 0.688. The van der Waals surface area contributed by atoms with E-state index in [0.717, 1.165) is 30.6 Å². The van der Waals surface area contributed by atoms with Gasteiger partial charge in [0.2, 0.25) is 0 Å². The summed E-state index contributed by atoms with van der Waals surface area (Å²) in [5.74, 6) is 3.83. The lowest BCUT2D eigenvalue weighted by molar-refractivity contribution is 0.0918. The number of thioether (sulfide) groups is 2. The highest BCUT2D eigenvalue weighted by atomic mass is 32.2. The van der Waals surface area contributed by atoms with Crippen LogP contribution in [0, 0.1) is 6.92 Å². The van der Waals surface area contributed by atoms with E-state index in [-0.39, 0.29) is 9.99 Å². The van der Waals surface area contributed by atoms with E-state index in [9.17, 15) is 4.79 Å². The smallest absolute Gasteiger partial charge is 0.287 e. The molecule has 1 aromatic heterocycles. The molecule has 1 amide bonds. The largest absolute Gasteiger partial charge is 0.455 e. The number of nitrogens with one attached hydrogen (secondary N) is 1. The summed E-state index contributed by atoms with van der Waals surface area (Å²) in [4.78, 5) is 12.4. The van der Waals surface area contributed by atoms with Gasteiger partial charge in [0.05, 0.1) is 4.08 Å². The number of ether oxygens (including phenoxy) is 1. The average Bonchev–Trinajstić information content (AvgIpc) is 3.10. The molecule has 0 unspecified atom stereocenters. The molecule has 3 rings (SSSR count). The third kappa shape index (κ3) is 2.93. The monoisotopic (exact) mass is 341 g/mol. The van der Waals surface area contributed by atoms with Crippen molar-refractivity contribution >= 4 is 29.4 Å². The van der Waals surface area contributed by atoms with E-state index >= 15 is 0 Å². The van der Waals surface area contributed by atoms with Crippen LogP contribution in [0.3, 0.4) is 0 Å². The van der Waals surface area contributed by atoms with Crippen LogP contribution in [0.4, 0.5) is 0 Å². The zero-order valence-electron chi connectivity index (χ0n) is 13.2. The quantitative estimate of drug-likeness (QED) is 0.833. The van der Waals surface area contributed by atoms with E-state index in [1.165, 1.54) is 23.5 Å². The second kappa shape index (κ2) is 6.89. The van der Waals surface area contributed by atoms with Crippen LogP contribution in [0.15, 0.2) is 4.42 Å². The second-order valence-corrected chi connectivity index (χ2v) is 8.81. The highest BCUT2D eigenvalue weighted by Gasteiger charge is 2.45. The van der Waals surface area contributed by atoms with Crippen molar-refractivity contribution in [3.8, 4) is 0 Å². The Hall–Kier alpha value is -0.590. The number of fused-ring (bicyclic) bond motifs is 2. The Balaban J connectivity index is 1.80. The first-order valence-corrected chi connectivity index (χ1v) is 9.83. The molecule has 0 bridgehead atoms. The summed E-state index contributed by atoms with van der Waals surface area (Å²) in [7, 11) is 1.67. The topological polar surface area (TPSA) is 51.5 Å². The summed E-state index contributed by atoms with van der Waals surface area (Å²) >= 11 is 4.05. The SMILES string of the molecule is COCCCNC(=O)c1oc2c(c1C)C1(CCC2)SCCS1. The third-order valence-corrected chi connectivity index (χ3v) is 7.81. The maximum Gasteiger partial charge on any atom is 0.287 e. The molecule has 22 heavy (non-hydrogen) atoms. The van der Waals surface area contributed by atoms with Crippen molar-refractivity contribution in [2.45, 2.75) is 36.7 Å². The van der Waals surface area contributed by atoms with Gasteiger partial charge in [-0.1, -0.05) is 0 Å². The Labute approximate surface area is 140 Å². The van der Waals surface area contributed by atoms with Crippen molar-refractivity contribution in [3.63, 3.8) is 0 Å². The van der Waals surface area contributed by atoms with Gasteiger partial charge in [0.15, 0.2) is 5.76 Å². The Morgan fingerprint density at radius 2 is 2.18 bits per heavy atom. The normalized spacial score (nSPS) is 19.4. The Kier molecular flexibility index (Phi) is 5.10. The maximum absolute atomic E-state index is 12.4. The molecule has 1 fully saturated rings. The van der Waals surface area contributed by atoms with Crippen LogP contribution in [0.25, 0.3) is 0 Å². The van der Waals surface area contributed by atoms with E-state index in [1.54, 1.807) is 7.11 Å². The average molecular weight is 341 g/mol. The summed E-state index contributed by atoms with van der Waals surface area (Å²) < 4.78 is 11.1. The van der Waals surface area contributed by atoms with Crippen LogP contribution in [0.2, 0.25) is 0 Å². The molecule has 0 atom stereocenters. The van der Waals surface area contributed by atoms with Crippen molar-refractivity contribution in [2.24, 2.45) is 0 Å². The van der Waals surface area contributed by atoms with Gasteiger partial charge in [-0.2, -0.15) is 0 Å². The van der Waals surface area contributed by atoms with E-state index in [1.807, 2.05) is 30.4 Å². The molecule has 1 aliphatic heterocycles. The molecule has 1 spiro atoms. The molecule has 6 heteroatoms. The molecular weight excluding hydrogens is 318 g/mol. The third-order valence-electron chi connectivity index (χ3n) is 4.28. The van der Waals surface area contributed by atoms with Crippen molar-refractivity contribution in [2.75, 3.05) is 31.8 Å². The van der Waals surface area contributed by atoms with Crippen LogP contribution < -0.4 is 5.32 Å². The van der Waals surface area contributed by atoms with Gasteiger partial charge >= 0.3 is 0 Å². The van der Waals surface area contributed by atoms with Crippen LogP contribution in [-0.2, 0) is 15.2 Å².